The highest BCUT2D eigenvalue weighted by molar-refractivity contribution is 6.06. The molecule has 0 radical (unpaired) electrons. The maximum atomic E-state index is 14.9. The largest absolute Gasteiger partial charge is 0.464 e. The van der Waals surface area contributed by atoms with Gasteiger partial charge in [0.1, 0.15) is 18.2 Å². The van der Waals surface area contributed by atoms with E-state index < -0.39 is 53.6 Å². The number of carbonyl (C=O) groups is 1. The van der Waals surface area contributed by atoms with Crippen LogP contribution in [0.5, 0.6) is 5.88 Å². The molecule has 0 fully saturated rings. The predicted octanol–water partition coefficient (Wildman–Crippen LogP) is 1.26. The summed E-state index contributed by atoms with van der Waals surface area (Å²) in [6.45, 7) is 1.56. The smallest absolute Gasteiger partial charge is 0.425 e. The topological polar surface area (TPSA) is 164 Å². The number of aliphatic hydroxyl groups is 1. The summed E-state index contributed by atoms with van der Waals surface area (Å²) < 4.78 is 60.5. The van der Waals surface area contributed by atoms with Crippen LogP contribution in [0.3, 0.4) is 0 Å². The number of nitrogens with one attached hydrogen (secondary N) is 2. The molecule has 0 spiro atoms. The van der Waals surface area contributed by atoms with Crippen LogP contribution >= 0.6 is 0 Å². The molecule has 0 aliphatic heterocycles. The Hall–Kier alpha value is -4.26. The molecule has 1 unspecified atom stereocenters. The van der Waals surface area contributed by atoms with Crippen molar-refractivity contribution in [3.8, 4) is 17.8 Å². The van der Waals surface area contributed by atoms with Crippen molar-refractivity contribution in [3.63, 3.8) is 0 Å². The van der Waals surface area contributed by atoms with Gasteiger partial charge in [-0.2, -0.15) is 33.2 Å². The molecule has 180 valence electrons. The Morgan fingerprint density at radius 2 is 2.15 bits per heavy atom. The number of H-pyrrole nitrogens is 1. The predicted molar refractivity (Wildman–Crippen MR) is 105 cm³/mol. The zero-order valence-electron chi connectivity index (χ0n) is 17.5. The first-order valence-corrected chi connectivity index (χ1v) is 9.50. The van der Waals surface area contributed by atoms with Crippen molar-refractivity contribution in [2.75, 3.05) is 5.32 Å². The Kier molecular flexibility index (Phi) is 6.68. The second-order valence-corrected chi connectivity index (χ2v) is 6.67. The van der Waals surface area contributed by atoms with E-state index in [0.29, 0.717) is 17.7 Å². The van der Waals surface area contributed by atoms with Gasteiger partial charge in [-0.1, -0.05) is 0 Å². The molecule has 3 N–H and O–H groups in total. The van der Waals surface area contributed by atoms with E-state index in [0.717, 1.165) is 10.8 Å². The summed E-state index contributed by atoms with van der Waals surface area (Å²) in [5, 5.41) is 30.2. The van der Waals surface area contributed by atoms with E-state index >= 15 is 0 Å². The second-order valence-electron chi connectivity index (χ2n) is 6.67. The molecule has 3 heterocycles. The van der Waals surface area contributed by atoms with Gasteiger partial charge in [-0.05, 0) is 19.9 Å². The van der Waals surface area contributed by atoms with Crippen molar-refractivity contribution >= 4 is 11.6 Å². The van der Waals surface area contributed by atoms with Gasteiger partial charge in [-0.3, -0.25) is 14.5 Å². The number of aliphatic hydroxyl groups excluding tert-OH is 1. The van der Waals surface area contributed by atoms with E-state index in [2.05, 4.69) is 25.6 Å². The van der Waals surface area contributed by atoms with E-state index in [-0.39, 0.29) is 23.8 Å². The third-order valence-electron chi connectivity index (χ3n) is 4.51. The molecular formula is C18H16F4N8O4. The monoisotopic (exact) mass is 484 g/mol. The first kappa shape index (κ1) is 24.4. The van der Waals surface area contributed by atoms with Crippen LogP contribution in [0.2, 0.25) is 0 Å². The third-order valence-corrected chi connectivity index (χ3v) is 4.51. The standard InChI is InChI=1S/C18H16F4N8O4/c1-3-29-13(7-31)28-30(17(29)33)14-10(19)4-9(16(26-14)34-8(2)18(20,21)22)15(32)25-12-6-24-27-11(12)5-23/h4,6,8,31H,3,7H2,1-2H3,(H,24,27)(H,25,32). The Morgan fingerprint density at radius 3 is 2.71 bits per heavy atom. The molecule has 0 aromatic carbocycles. The van der Waals surface area contributed by atoms with E-state index in [1.54, 1.807) is 13.0 Å². The molecule has 34 heavy (non-hydrogen) atoms. The number of aromatic amines is 1. The van der Waals surface area contributed by atoms with Crippen LogP contribution < -0.4 is 15.7 Å². The number of anilines is 1. The number of hydrogen-bond acceptors (Lipinski definition) is 8. The lowest BCUT2D eigenvalue weighted by atomic mass is 10.2. The fourth-order valence-electron chi connectivity index (χ4n) is 2.77. The summed E-state index contributed by atoms with van der Waals surface area (Å²) in [6.07, 6.45) is -6.21. The van der Waals surface area contributed by atoms with Crippen LogP contribution in [0, 0.1) is 17.1 Å². The highest BCUT2D eigenvalue weighted by atomic mass is 19.4. The van der Waals surface area contributed by atoms with Crippen LogP contribution in [-0.4, -0.2) is 52.8 Å². The summed E-state index contributed by atoms with van der Waals surface area (Å²) in [6, 6.07) is 2.18. The molecule has 0 saturated carbocycles. The number of aromatic nitrogens is 6. The van der Waals surface area contributed by atoms with Gasteiger partial charge >= 0.3 is 11.9 Å². The van der Waals surface area contributed by atoms with Gasteiger partial charge in [0.15, 0.2) is 29.3 Å². The first-order valence-electron chi connectivity index (χ1n) is 9.50. The lowest BCUT2D eigenvalue weighted by molar-refractivity contribution is -0.190. The van der Waals surface area contributed by atoms with Gasteiger partial charge in [-0.15, -0.1) is 5.10 Å². The van der Waals surface area contributed by atoms with Crippen molar-refractivity contribution in [1.29, 1.82) is 5.26 Å². The number of nitrogens with zero attached hydrogens (tertiary/aromatic N) is 6. The molecular weight excluding hydrogens is 468 g/mol. The van der Waals surface area contributed by atoms with Crippen LogP contribution in [-0.2, 0) is 13.2 Å². The SMILES string of the molecule is CCn1c(CO)nn(-c2nc(OC(C)C(F)(F)F)c(C(=O)Nc3c[nH]nc3C#N)cc2F)c1=O. The van der Waals surface area contributed by atoms with Gasteiger partial charge < -0.3 is 15.2 Å². The van der Waals surface area contributed by atoms with Gasteiger partial charge in [0, 0.05) is 12.7 Å². The second kappa shape index (κ2) is 9.31. The summed E-state index contributed by atoms with van der Waals surface area (Å²) in [7, 11) is 0. The molecule has 3 rings (SSSR count). The average molecular weight is 484 g/mol. The molecule has 3 aromatic heterocycles. The summed E-state index contributed by atoms with van der Waals surface area (Å²) >= 11 is 0. The lowest BCUT2D eigenvalue weighted by Crippen LogP contribution is -2.33. The molecule has 0 bridgehead atoms. The molecule has 12 nitrogen and oxygen atoms in total. The zero-order chi connectivity index (χ0) is 25.2. The molecule has 1 atom stereocenters. The van der Waals surface area contributed by atoms with Crippen molar-refractivity contribution in [1.82, 2.24) is 29.5 Å². The van der Waals surface area contributed by atoms with Crippen LogP contribution in [0.4, 0.5) is 23.2 Å². The summed E-state index contributed by atoms with van der Waals surface area (Å²) in [5.41, 5.74) is -2.05. The normalized spacial score (nSPS) is 12.3. The molecule has 16 heteroatoms. The van der Waals surface area contributed by atoms with Crippen LogP contribution in [0.1, 0.15) is 35.7 Å². The molecule has 3 aromatic rings. The molecule has 0 saturated heterocycles. The molecule has 0 aliphatic rings. The van der Waals surface area contributed by atoms with Gasteiger partial charge in [0.25, 0.3) is 5.91 Å². The first-order chi connectivity index (χ1) is 16.0. The molecule has 0 aliphatic carbocycles. The average Bonchev–Trinajstić information content (AvgIpc) is 3.36. The quantitative estimate of drug-likeness (QED) is 0.422. The fraction of sp³-hybridized carbons (Fsp3) is 0.333. The van der Waals surface area contributed by atoms with Gasteiger partial charge in [-0.25, -0.2) is 9.18 Å². The minimum absolute atomic E-state index is 0.0528. The Labute approximate surface area is 187 Å². The Morgan fingerprint density at radius 1 is 1.44 bits per heavy atom. The Balaban J connectivity index is 2.14. The van der Waals surface area contributed by atoms with Crippen molar-refractivity contribution in [2.24, 2.45) is 0 Å². The number of amides is 1. The van der Waals surface area contributed by atoms with E-state index in [1.165, 1.54) is 0 Å². The minimum atomic E-state index is -4.87. The third kappa shape index (κ3) is 4.59. The highest BCUT2D eigenvalue weighted by Gasteiger charge is 2.39. The van der Waals surface area contributed by atoms with Crippen molar-refractivity contribution in [2.45, 2.75) is 39.3 Å². The maximum absolute atomic E-state index is 14.9. The number of pyridine rings is 1. The number of alkyl halides is 3. The van der Waals surface area contributed by atoms with E-state index in [1.807, 2.05) is 0 Å². The summed E-state index contributed by atoms with van der Waals surface area (Å²) in [4.78, 5) is 28.9. The van der Waals surface area contributed by atoms with Crippen LogP contribution in [0.15, 0.2) is 17.1 Å². The molecule has 1 amide bonds. The number of nitriles is 1. The summed E-state index contributed by atoms with van der Waals surface area (Å²) in [5.74, 6) is -4.41. The number of ether oxygens (including phenoxy) is 1. The zero-order valence-corrected chi connectivity index (χ0v) is 17.5. The highest BCUT2D eigenvalue weighted by Crippen LogP contribution is 2.28. The number of rotatable bonds is 7. The van der Waals surface area contributed by atoms with Gasteiger partial charge in [0.2, 0.25) is 5.88 Å². The number of carbonyl (C=O) groups excluding carboxylic acids is 1. The number of hydrogen-bond donors (Lipinski definition) is 3. The van der Waals surface area contributed by atoms with Crippen molar-refractivity contribution < 1.29 is 32.2 Å². The Bertz CT molecular complexity index is 1320. The lowest BCUT2D eigenvalue weighted by Gasteiger charge is -2.19. The minimum Gasteiger partial charge on any atom is -0.464 e. The van der Waals surface area contributed by atoms with Crippen molar-refractivity contribution in [3.05, 3.63) is 45.6 Å². The fourth-order valence-corrected chi connectivity index (χ4v) is 2.77. The maximum Gasteiger partial charge on any atom is 0.425 e. The van der Waals surface area contributed by atoms with E-state index in [4.69, 9.17) is 10.00 Å². The van der Waals surface area contributed by atoms with E-state index in [9.17, 15) is 32.3 Å². The number of halogens is 4. The van der Waals surface area contributed by atoms with Crippen LogP contribution in [0.25, 0.3) is 5.82 Å². The van der Waals surface area contributed by atoms with Gasteiger partial charge in [0.05, 0.1) is 5.69 Å².